The molecule has 0 aliphatic rings. The molecule has 5 heteroatoms. The van der Waals surface area contributed by atoms with E-state index in [9.17, 15) is 19.8 Å². The van der Waals surface area contributed by atoms with Crippen LogP contribution in [0.4, 0.5) is 0 Å². The summed E-state index contributed by atoms with van der Waals surface area (Å²) in [5.74, 6) is -3.04. The van der Waals surface area contributed by atoms with Gasteiger partial charge in [0.15, 0.2) is 0 Å². The molecule has 0 aliphatic carbocycles. The van der Waals surface area contributed by atoms with Crippen molar-refractivity contribution in [3.63, 3.8) is 0 Å². The van der Waals surface area contributed by atoms with E-state index in [1.54, 1.807) is 0 Å². The molecule has 73 valence electrons. The third kappa shape index (κ3) is 2.57. The van der Waals surface area contributed by atoms with Gasteiger partial charge in [-0.15, -0.1) is 0 Å². The summed E-state index contributed by atoms with van der Waals surface area (Å²) in [7, 11) is 0. The van der Waals surface area contributed by atoms with Crippen molar-refractivity contribution in [1.29, 1.82) is 0 Å². The summed E-state index contributed by atoms with van der Waals surface area (Å²) < 4.78 is 0. The minimum atomic E-state index is -1.52. The molecule has 0 saturated carbocycles. The second-order valence-corrected chi connectivity index (χ2v) is 2.12. The molecule has 0 aromatic heterocycles. The Morgan fingerprint density at radius 1 is 0.923 bits per heavy atom. The van der Waals surface area contributed by atoms with Crippen LogP contribution < -0.4 is 10.2 Å². The Morgan fingerprint density at radius 2 is 1.23 bits per heavy atom. The average Bonchev–Trinajstić information content (AvgIpc) is 2.04. The minimum absolute atomic E-state index is 0. The Labute approximate surface area is 84.7 Å². The number of carbonyl (C=O) groups is 2. The second kappa shape index (κ2) is 4.64. The molecular formula is C8H4CuO4-2. The second-order valence-electron chi connectivity index (χ2n) is 2.12. The summed E-state index contributed by atoms with van der Waals surface area (Å²) in [4.78, 5) is 20.6. The van der Waals surface area contributed by atoms with E-state index < -0.39 is 11.9 Å². The largest absolute Gasteiger partial charge is 0.545 e. The summed E-state index contributed by atoms with van der Waals surface area (Å²) in [6.45, 7) is 0. The smallest absolute Gasteiger partial charge is 0.0721 e. The number of carboxylic acids is 2. The maximum Gasteiger partial charge on any atom is 0.0721 e. The fourth-order valence-electron chi connectivity index (χ4n) is 0.839. The fraction of sp³-hybridized carbons (Fsp3) is 0. The van der Waals surface area contributed by atoms with E-state index in [1.807, 2.05) is 0 Å². The molecule has 0 bridgehead atoms. The molecule has 0 fully saturated rings. The van der Waals surface area contributed by atoms with Crippen LogP contribution >= 0.6 is 0 Å². The Balaban J connectivity index is 0.00000144. The van der Waals surface area contributed by atoms with Crippen LogP contribution in [0.2, 0.25) is 0 Å². The molecule has 0 saturated heterocycles. The van der Waals surface area contributed by atoms with Gasteiger partial charge in [0.05, 0.1) is 11.9 Å². The van der Waals surface area contributed by atoms with Crippen LogP contribution in [0.3, 0.4) is 0 Å². The maximum atomic E-state index is 10.3. The van der Waals surface area contributed by atoms with E-state index in [1.165, 1.54) is 12.1 Å². The predicted octanol–water partition coefficient (Wildman–Crippen LogP) is -1.59. The molecule has 1 radical (unpaired) electrons. The van der Waals surface area contributed by atoms with Crippen molar-refractivity contribution in [1.82, 2.24) is 0 Å². The molecule has 0 N–H and O–H groups in total. The molecule has 1 aromatic rings. The molecule has 0 unspecified atom stereocenters. The van der Waals surface area contributed by atoms with Gasteiger partial charge in [-0.05, 0) is 0 Å². The van der Waals surface area contributed by atoms with Crippen LogP contribution in [0.25, 0.3) is 0 Å². The van der Waals surface area contributed by atoms with Gasteiger partial charge in [-0.1, -0.05) is 24.3 Å². The monoisotopic (exact) mass is 227 g/mol. The number of carbonyl (C=O) groups excluding carboxylic acids is 2. The van der Waals surface area contributed by atoms with Gasteiger partial charge in [0, 0.05) is 28.2 Å². The molecule has 0 heterocycles. The van der Waals surface area contributed by atoms with Crippen LogP contribution in [-0.2, 0) is 17.1 Å². The zero-order chi connectivity index (χ0) is 9.14. The number of rotatable bonds is 2. The van der Waals surface area contributed by atoms with Crippen molar-refractivity contribution in [2.24, 2.45) is 0 Å². The van der Waals surface area contributed by atoms with Crippen LogP contribution in [0.5, 0.6) is 0 Å². The molecule has 1 aromatic carbocycles. The van der Waals surface area contributed by atoms with Gasteiger partial charge >= 0.3 is 0 Å². The quantitative estimate of drug-likeness (QED) is 0.571. The van der Waals surface area contributed by atoms with Crippen LogP contribution in [0.15, 0.2) is 24.3 Å². The van der Waals surface area contributed by atoms with E-state index in [0.29, 0.717) is 0 Å². The molecule has 1 rings (SSSR count). The zero-order valence-corrected chi connectivity index (χ0v) is 7.19. The van der Waals surface area contributed by atoms with Crippen molar-refractivity contribution in [3.8, 4) is 0 Å². The van der Waals surface area contributed by atoms with Crippen molar-refractivity contribution >= 4 is 11.9 Å². The Kier molecular flexibility index (Phi) is 4.17. The number of benzene rings is 1. The van der Waals surface area contributed by atoms with Gasteiger partial charge in [-0.2, -0.15) is 0 Å². The van der Waals surface area contributed by atoms with E-state index in [4.69, 9.17) is 0 Å². The molecule has 0 atom stereocenters. The van der Waals surface area contributed by atoms with Crippen LogP contribution in [-0.4, -0.2) is 11.9 Å². The van der Waals surface area contributed by atoms with Crippen LogP contribution in [0.1, 0.15) is 20.7 Å². The van der Waals surface area contributed by atoms with E-state index in [-0.39, 0.29) is 28.2 Å². The first-order chi connectivity index (χ1) is 5.63. The van der Waals surface area contributed by atoms with Crippen molar-refractivity contribution in [3.05, 3.63) is 35.4 Å². The minimum Gasteiger partial charge on any atom is -0.545 e. The normalized spacial score (nSPS) is 8.62. The van der Waals surface area contributed by atoms with Crippen molar-refractivity contribution in [2.45, 2.75) is 0 Å². The van der Waals surface area contributed by atoms with Gasteiger partial charge in [0.1, 0.15) is 0 Å². The first-order valence-electron chi connectivity index (χ1n) is 3.14. The van der Waals surface area contributed by atoms with Gasteiger partial charge in [0.2, 0.25) is 0 Å². The van der Waals surface area contributed by atoms with Crippen LogP contribution in [0, 0.1) is 0 Å². The molecular weight excluding hydrogens is 224 g/mol. The SMILES string of the molecule is O=C([O-])c1ccccc1C(=O)[O-].[Cu]. The molecule has 0 spiro atoms. The Morgan fingerprint density at radius 3 is 1.46 bits per heavy atom. The standard InChI is InChI=1S/C8H6O4.Cu/c9-7(10)5-3-1-2-4-6(5)8(11)12;/h1-4H,(H,9,10)(H,11,12);/p-2. The molecule has 13 heavy (non-hydrogen) atoms. The van der Waals surface area contributed by atoms with E-state index in [2.05, 4.69) is 0 Å². The first-order valence-corrected chi connectivity index (χ1v) is 3.14. The van der Waals surface area contributed by atoms with Gasteiger partial charge in [-0.25, -0.2) is 0 Å². The third-order valence-corrected chi connectivity index (χ3v) is 1.37. The summed E-state index contributed by atoms with van der Waals surface area (Å²) >= 11 is 0. The summed E-state index contributed by atoms with van der Waals surface area (Å²) in [5, 5.41) is 20.6. The van der Waals surface area contributed by atoms with E-state index in [0.717, 1.165) is 12.1 Å². The topological polar surface area (TPSA) is 80.3 Å². The number of hydrogen-bond acceptors (Lipinski definition) is 4. The van der Waals surface area contributed by atoms with Crippen molar-refractivity contribution < 1.29 is 36.9 Å². The molecule has 4 nitrogen and oxygen atoms in total. The number of hydrogen-bond donors (Lipinski definition) is 0. The summed E-state index contributed by atoms with van der Waals surface area (Å²) in [5.41, 5.74) is -0.727. The predicted molar refractivity (Wildman–Crippen MR) is 35.1 cm³/mol. The summed E-state index contributed by atoms with van der Waals surface area (Å²) in [6.07, 6.45) is 0. The number of aromatic carboxylic acids is 2. The maximum absolute atomic E-state index is 10.3. The third-order valence-electron chi connectivity index (χ3n) is 1.37. The number of carboxylic acid groups (broad SMARTS) is 2. The van der Waals surface area contributed by atoms with Gasteiger partial charge in [0.25, 0.3) is 0 Å². The average molecular weight is 228 g/mol. The van der Waals surface area contributed by atoms with Crippen molar-refractivity contribution in [2.75, 3.05) is 0 Å². The van der Waals surface area contributed by atoms with Gasteiger partial charge < -0.3 is 19.8 Å². The Hall–Kier alpha value is -1.32. The molecule has 0 amide bonds. The fourth-order valence-corrected chi connectivity index (χ4v) is 0.839. The summed E-state index contributed by atoms with van der Waals surface area (Å²) in [6, 6.07) is 5.14. The zero-order valence-electron chi connectivity index (χ0n) is 6.24. The van der Waals surface area contributed by atoms with Gasteiger partial charge in [-0.3, -0.25) is 0 Å². The molecule has 0 aliphatic heterocycles. The van der Waals surface area contributed by atoms with E-state index >= 15 is 0 Å². The first kappa shape index (κ1) is 11.7. The Bertz CT molecular complexity index is 302.